The van der Waals surface area contributed by atoms with Crippen molar-refractivity contribution in [3.05, 3.63) is 0 Å². The van der Waals surface area contributed by atoms with Crippen LogP contribution in [0.4, 0.5) is 0 Å². The van der Waals surface area contributed by atoms with Gasteiger partial charge in [0.15, 0.2) is 12.6 Å². The molecule has 0 saturated carbocycles. The number of aliphatic hydroxyl groups is 7. The topological polar surface area (TPSA) is 179 Å². The van der Waals surface area contributed by atoms with E-state index >= 15 is 0 Å². The van der Waals surface area contributed by atoms with E-state index < -0.39 is 74.6 Å². The maximum atomic E-state index is 10.6. The molecule has 2 rings (SSSR count). The molecular weight excluding hydrogens is 476 g/mol. The fourth-order valence-electron chi connectivity index (χ4n) is 4.66. The monoisotopic (exact) mass is 524 g/mol. The van der Waals surface area contributed by atoms with Gasteiger partial charge in [0, 0.05) is 6.61 Å². The summed E-state index contributed by atoms with van der Waals surface area (Å²) in [6.45, 7) is 1.32. The van der Waals surface area contributed by atoms with Crippen molar-refractivity contribution in [2.24, 2.45) is 0 Å². The first kappa shape index (κ1) is 31.8. The van der Waals surface area contributed by atoms with Gasteiger partial charge in [0.25, 0.3) is 0 Å². The van der Waals surface area contributed by atoms with Gasteiger partial charge < -0.3 is 54.7 Å². The second kappa shape index (κ2) is 17.2. The van der Waals surface area contributed by atoms with Crippen LogP contribution in [-0.2, 0) is 18.9 Å². The highest BCUT2D eigenvalue weighted by Crippen LogP contribution is 2.29. The Balaban J connectivity index is 1.71. The van der Waals surface area contributed by atoms with Gasteiger partial charge in [-0.05, 0) is 6.42 Å². The average Bonchev–Trinajstić information content (AvgIpc) is 2.88. The molecule has 10 atom stereocenters. The maximum Gasteiger partial charge on any atom is 0.187 e. The molecular formula is C25H48O11. The van der Waals surface area contributed by atoms with Crippen molar-refractivity contribution in [1.29, 1.82) is 0 Å². The van der Waals surface area contributed by atoms with Gasteiger partial charge in [-0.15, -0.1) is 0 Å². The summed E-state index contributed by atoms with van der Waals surface area (Å²) in [7, 11) is 0. The first-order valence-corrected chi connectivity index (χ1v) is 13.6. The first-order valence-electron chi connectivity index (χ1n) is 13.6. The van der Waals surface area contributed by atoms with E-state index in [2.05, 4.69) is 6.92 Å². The fourth-order valence-corrected chi connectivity index (χ4v) is 4.66. The van der Waals surface area contributed by atoms with Crippen LogP contribution in [0.2, 0.25) is 0 Å². The van der Waals surface area contributed by atoms with Crippen molar-refractivity contribution < 1.29 is 54.7 Å². The van der Waals surface area contributed by atoms with Crippen molar-refractivity contribution in [1.82, 2.24) is 0 Å². The lowest BCUT2D eigenvalue weighted by molar-refractivity contribution is -0.359. The number of hydrogen-bond donors (Lipinski definition) is 7. The smallest absolute Gasteiger partial charge is 0.187 e. The molecule has 7 N–H and O–H groups in total. The second-order valence-corrected chi connectivity index (χ2v) is 9.91. The molecule has 2 aliphatic rings. The van der Waals surface area contributed by atoms with Gasteiger partial charge in [-0.25, -0.2) is 0 Å². The zero-order valence-corrected chi connectivity index (χ0v) is 21.4. The molecule has 36 heavy (non-hydrogen) atoms. The fraction of sp³-hybridized carbons (Fsp3) is 1.00. The standard InChI is InChI=1S/C25H48O11/c1-2-3-4-5-6-7-8-9-10-11-12-13-33-24-22(32)20(30)23(17(15-27)35-24)36-25-21(31)19(29)18(28)16(14-26)34-25/h16-32H,2-15H2,1H3/t16?,17?,18-,19?,20?,21+,22+,23-,24?,25?/m0/s1. The lowest BCUT2D eigenvalue weighted by atomic mass is 9.97. The van der Waals surface area contributed by atoms with Gasteiger partial charge in [0.1, 0.15) is 48.8 Å². The molecule has 2 heterocycles. The predicted molar refractivity (Wildman–Crippen MR) is 129 cm³/mol. The molecule has 2 saturated heterocycles. The Hall–Kier alpha value is -0.440. The van der Waals surface area contributed by atoms with E-state index in [1.165, 1.54) is 51.4 Å². The summed E-state index contributed by atoms with van der Waals surface area (Å²) in [4.78, 5) is 0. The molecule has 0 aliphatic carbocycles. The van der Waals surface area contributed by atoms with Crippen molar-refractivity contribution in [3.8, 4) is 0 Å². The maximum absolute atomic E-state index is 10.6. The lowest BCUT2D eigenvalue weighted by Crippen LogP contribution is -2.64. The van der Waals surface area contributed by atoms with Gasteiger partial charge in [-0.2, -0.15) is 0 Å². The van der Waals surface area contributed by atoms with Gasteiger partial charge in [0.2, 0.25) is 0 Å². The van der Waals surface area contributed by atoms with Gasteiger partial charge in [-0.1, -0.05) is 71.1 Å². The highest BCUT2D eigenvalue weighted by atomic mass is 16.7. The van der Waals surface area contributed by atoms with Crippen LogP contribution in [0.1, 0.15) is 77.6 Å². The number of hydrogen-bond acceptors (Lipinski definition) is 11. The normalized spacial score (nSPS) is 37.3. The SMILES string of the molecule is CCCCCCCCCCCCCOC1OC(CO)[C@H](OC2OC(CO)[C@H](O)C(O)[C@H]2O)C(O)[C@H]1O. The zero-order chi connectivity index (χ0) is 26.5. The van der Waals surface area contributed by atoms with Crippen LogP contribution >= 0.6 is 0 Å². The molecule has 0 aromatic rings. The first-order chi connectivity index (χ1) is 17.3. The average molecular weight is 525 g/mol. The highest BCUT2D eigenvalue weighted by molar-refractivity contribution is 4.94. The molecule has 2 fully saturated rings. The molecule has 11 heteroatoms. The second-order valence-electron chi connectivity index (χ2n) is 9.91. The highest BCUT2D eigenvalue weighted by Gasteiger charge is 2.50. The van der Waals surface area contributed by atoms with Crippen LogP contribution in [-0.4, -0.2) is 117 Å². The van der Waals surface area contributed by atoms with E-state index in [0.29, 0.717) is 6.61 Å². The van der Waals surface area contributed by atoms with Crippen molar-refractivity contribution >= 4 is 0 Å². The molecule has 6 unspecified atom stereocenters. The Morgan fingerprint density at radius 1 is 0.556 bits per heavy atom. The Morgan fingerprint density at radius 3 is 1.61 bits per heavy atom. The van der Waals surface area contributed by atoms with E-state index in [1.54, 1.807) is 0 Å². The third kappa shape index (κ3) is 9.39. The minimum absolute atomic E-state index is 0.321. The largest absolute Gasteiger partial charge is 0.394 e. The van der Waals surface area contributed by atoms with Gasteiger partial charge >= 0.3 is 0 Å². The van der Waals surface area contributed by atoms with E-state index in [1.807, 2.05) is 0 Å². The molecule has 0 aromatic carbocycles. The molecule has 0 spiro atoms. The van der Waals surface area contributed by atoms with E-state index in [9.17, 15) is 35.7 Å². The summed E-state index contributed by atoms with van der Waals surface area (Å²) < 4.78 is 22.1. The van der Waals surface area contributed by atoms with Crippen LogP contribution in [0.5, 0.6) is 0 Å². The Labute approximate surface area is 214 Å². The van der Waals surface area contributed by atoms with E-state index in [4.69, 9.17) is 18.9 Å². The molecule has 0 aromatic heterocycles. The quantitative estimate of drug-likeness (QED) is 0.127. The van der Waals surface area contributed by atoms with Crippen molar-refractivity contribution in [2.75, 3.05) is 19.8 Å². The summed E-state index contributed by atoms with van der Waals surface area (Å²) >= 11 is 0. The molecule has 0 radical (unpaired) electrons. The molecule has 214 valence electrons. The number of unbranched alkanes of at least 4 members (excludes halogenated alkanes) is 10. The van der Waals surface area contributed by atoms with Crippen LogP contribution in [0.15, 0.2) is 0 Å². The summed E-state index contributed by atoms with van der Waals surface area (Å²) in [6, 6.07) is 0. The number of aliphatic hydroxyl groups excluding tert-OH is 7. The third-order valence-electron chi connectivity index (χ3n) is 6.99. The van der Waals surface area contributed by atoms with Crippen molar-refractivity contribution in [3.63, 3.8) is 0 Å². The van der Waals surface area contributed by atoms with Crippen molar-refractivity contribution in [2.45, 2.75) is 139 Å². The summed E-state index contributed by atoms with van der Waals surface area (Å²) in [5.74, 6) is 0. The summed E-state index contributed by atoms with van der Waals surface area (Å²) in [5.41, 5.74) is 0. The summed E-state index contributed by atoms with van der Waals surface area (Å²) in [6.07, 6.45) is -1.24. The Bertz CT molecular complexity index is 564. The Kier molecular flexibility index (Phi) is 15.2. The molecule has 11 nitrogen and oxygen atoms in total. The Morgan fingerprint density at radius 2 is 1.06 bits per heavy atom. The molecule has 0 amide bonds. The minimum Gasteiger partial charge on any atom is -0.394 e. The van der Waals surface area contributed by atoms with Gasteiger partial charge in [-0.3, -0.25) is 0 Å². The van der Waals surface area contributed by atoms with Crippen LogP contribution in [0.3, 0.4) is 0 Å². The number of ether oxygens (including phenoxy) is 4. The van der Waals surface area contributed by atoms with E-state index in [-0.39, 0.29) is 0 Å². The third-order valence-corrected chi connectivity index (χ3v) is 6.99. The molecule has 0 bridgehead atoms. The van der Waals surface area contributed by atoms with Crippen LogP contribution in [0, 0.1) is 0 Å². The zero-order valence-electron chi connectivity index (χ0n) is 21.4. The minimum atomic E-state index is -1.69. The number of rotatable bonds is 17. The summed E-state index contributed by atoms with van der Waals surface area (Å²) in [5, 5.41) is 70.2. The van der Waals surface area contributed by atoms with E-state index in [0.717, 1.165) is 19.3 Å². The predicted octanol–water partition coefficient (Wildman–Crippen LogP) is -0.0619. The van der Waals surface area contributed by atoms with Crippen LogP contribution < -0.4 is 0 Å². The van der Waals surface area contributed by atoms with Crippen LogP contribution in [0.25, 0.3) is 0 Å². The van der Waals surface area contributed by atoms with Gasteiger partial charge in [0.05, 0.1) is 13.2 Å². The molecule has 2 aliphatic heterocycles. The lowest BCUT2D eigenvalue weighted by Gasteiger charge is -2.45.